The molecule has 2 aromatic carbocycles. The predicted octanol–water partition coefficient (Wildman–Crippen LogP) is 4.41. The van der Waals surface area contributed by atoms with Crippen LogP contribution in [0.4, 0.5) is 11.4 Å². The van der Waals surface area contributed by atoms with Gasteiger partial charge in [-0.15, -0.1) is 0 Å². The number of hydrogen-bond acceptors (Lipinski definition) is 4. The van der Waals surface area contributed by atoms with Gasteiger partial charge in [0.2, 0.25) is 0 Å². The van der Waals surface area contributed by atoms with Crippen molar-refractivity contribution in [1.29, 1.82) is 0 Å². The number of phenolic OH excluding ortho intramolecular Hbond substituents is 1. The van der Waals surface area contributed by atoms with Gasteiger partial charge in [-0.1, -0.05) is 29.3 Å². The van der Waals surface area contributed by atoms with Crippen molar-refractivity contribution in [2.75, 3.05) is 22.7 Å². The molecule has 0 saturated carbocycles. The van der Waals surface area contributed by atoms with Crippen LogP contribution in [0.5, 0.6) is 5.75 Å². The Morgan fingerprint density at radius 2 is 1.80 bits per heavy atom. The summed E-state index contributed by atoms with van der Waals surface area (Å²) in [6, 6.07) is 7.82. The number of nitrogens with one attached hydrogen (secondary N) is 1. The first-order valence-corrected chi connectivity index (χ1v) is 10.1. The van der Waals surface area contributed by atoms with E-state index in [-0.39, 0.29) is 14.9 Å². The van der Waals surface area contributed by atoms with E-state index in [0.29, 0.717) is 5.69 Å². The van der Waals surface area contributed by atoms with E-state index in [9.17, 15) is 13.5 Å². The number of anilines is 2. The van der Waals surface area contributed by atoms with Crippen molar-refractivity contribution in [3.05, 3.63) is 45.9 Å². The van der Waals surface area contributed by atoms with Crippen LogP contribution in [0.15, 0.2) is 35.2 Å². The van der Waals surface area contributed by atoms with Crippen LogP contribution in [0.2, 0.25) is 10.0 Å². The maximum Gasteiger partial charge on any atom is 0.265 e. The van der Waals surface area contributed by atoms with Gasteiger partial charge < -0.3 is 10.0 Å². The zero-order chi connectivity index (χ0) is 18.2. The van der Waals surface area contributed by atoms with Gasteiger partial charge in [0.05, 0.1) is 10.7 Å². The number of halogens is 2. The van der Waals surface area contributed by atoms with E-state index in [1.165, 1.54) is 12.1 Å². The van der Waals surface area contributed by atoms with Crippen LogP contribution in [0.1, 0.15) is 18.4 Å². The summed E-state index contributed by atoms with van der Waals surface area (Å²) < 4.78 is 27.8. The highest BCUT2D eigenvalue weighted by Gasteiger charge is 2.23. The van der Waals surface area contributed by atoms with Gasteiger partial charge in [-0.2, -0.15) is 0 Å². The summed E-state index contributed by atoms with van der Waals surface area (Å²) in [5.74, 6) is -0.523. The molecule has 0 unspecified atom stereocenters. The van der Waals surface area contributed by atoms with Gasteiger partial charge >= 0.3 is 0 Å². The second-order valence-corrected chi connectivity index (χ2v) is 8.53. The monoisotopic (exact) mass is 400 g/mol. The average Bonchev–Trinajstić information content (AvgIpc) is 3.06. The minimum atomic E-state index is -4.03. The molecule has 0 aliphatic carbocycles. The molecule has 2 aromatic rings. The fraction of sp³-hybridized carbons (Fsp3) is 0.294. The number of rotatable bonds is 4. The van der Waals surface area contributed by atoms with Gasteiger partial charge in [-0.3, -0.25) is 4.72 Å². The molecule has 0 amide bonds. The Kier molecular flexibility index (Phi) is 5.04. The first-order chi connectivity index (χ1) is 11.8. The van der Waals surface area contributed by atoms with Gasteiger partial charge in [-0.05, 0) is 49.6 Å². The van der Waals surface area contributed by atoms with Gasteiger partial charge in [-0.25, -0.2) is 8.42 Å². The van der Waals surface area contributed by atoms with Gasteiger partial charge in [0, 0.05) is 23.8 Å². The quantitative estimate of drug-likeness (QED) is 0.797. The second-order valence-electron chi connectivity index (χ2n) is 6.04. The van der Waals surface area contributed by atoms with Crippen LogP contribution >= 0.6 is 23.2 Å². The Balaban J connectivity index is 1.95. The van der Waals surface area contributed by atoms with Crippen molar-refractivity contribution in [3.8, 4) is 5.75 Å². The van der Waals surface area contributed by atoms with Crippen LogP contribution in [0.25, 0.3) is 0 Å². The lowest BCUT2D eigenvalue weighted by molar-refractivity contribution is 0.459. The fourth-order valence-corrected chi connectivity index (χ4v) is 4.74. The maximum absolute atomic E-state index is 12.6. The Bertz CT molecular complexity index is 910. The van der Waals surface area contributed by atoms with E-state index in [4.69, 9.17) is 23.2 Å². The van der Waals surface area contributed by atoms with Crippen molar-refractivity contribution in [3.63, 3.8) is 0 Å². The molecule has 0 radical (unpaired) electrons. The number of benzene rings is 2. The zero-order valence-corrected chi connectivity index (χ0v) is 15.9. The molecule has 0 bridgehead atoms. The Morgan fingerprint density at radius 3 is 2.48 bits per heavy atom. The molecule has 1 fully saturated rings. The predicted molar refractivity (Wildman–Crippen MR) is 102 cm³/mol. The van der Waals surface area contributed by atoms with Crippen molar-refractivity contribution in [1.82, 2.24) is 0 Å². The fourth-order valence-electron chi connectivity index (χ4n) is 2.93. The first-order valence-electron chi connectivity index (χ1n) is 7.84. The number of hydrogen-bond donors (Lipinski definition) is 2. The lowest BCUT2D eigenvalue weighted by Gasteiger charge is -2.21. The van der Waals surface area contributed by atoms with E-state index >= 15 is 0 Å². The summed E-state index contributed by atoms with van der Waals surface area (Å²) in [4.78, 5) is 1.88. The third kappa shape index (κ3) is 3.81. The van der Waals surface area contributed by atoms with E-state index in [1.807, 2.05) is 13.0 Å². The molecular formula is C17H18Cl2N2O3S. The highest BCUT2D eigenvalue weighted by Crippen LogP contribution is 2.35. The molecular weight excluding hydrogens is 383 g/mol. The van der Waals surface area contributed by atoms with E-state index in [2.05, 4.69) is 9.62 Å². The Morgan fingerprint density at radius 1 is 1.12 bits per heavy atom. The van der Waals surface area contributed by atoms with Gasteiger partial charge in [0.1, 0.15) is 4.90 Å². The summed E-state index contributed by atoms with van der Waals surface area (Å²) in [6.45, 7) is 3.91. The molecule has 0 atom stereocenters. The SMILES string of the molecule is Cc1ccc(NS(=O)(=O)c2cc(Cl)cc(Cl)c2O)cc1N1CCCC1. The molecule has 1 aliphatic heterocycles. The molecule has 134 valence electrons. The van der Waals surface area contributed by atoms with Crippen molar-refractivity contribution in [2.45, 2.75) is 24.7 Å². The van der Waals surface area contributed by atoms with Crippen LogP contribution < -0.4 is 9.62 Å². The van der Waals surface area contributed by atoms with Gasteiger partial charge in [0.15, 0.2) is 5.75 Å². The van der Waals surface area contributed by atoms with Crippen LogP contribution in [0.3, 0.4) is 0 Å². The molecule has 2 N–H and O–H groups in total. The minimum Gasteiger partial charge on any atom is -0.505 e. The van der Waals surface area contributed by atoms with E-state index < -0.39 is 15.8 Å². The minimum absolute atomic E-state index is 0.116. The lowest BCUT2D eigenvalue weighted by atomic mass is 10.1. The summed E-state index contributed by atoms with van der Waals surface area (Å²) >= 11 is 11.7. The summed E-state index contributed by atoms with van der Waals surface area (Å²) in [7, 11) is -4.03. The molecule has 0 spiro atoms. The molecule has 0 aromatic heterocycles. The molecule has 1 aliphatic rings. The number of nitrogens with zero attached hydrogens (tertiary/aromatic N) is 1. The molecule has 3 rings (SSSR count). The van der Waals surface area contributed by atoms with Crippen LogP contribution in [-0.2, 0) is 10.0 Å². The molecule has 25 heavy (non-hydrogen) atoms. The van der Waals surface area contributed by atoms with Crippen LogP contribution in [-0.4, -0.2) is 26.6 Å². The zero-order valence-electron chi connectivity index (χ0n) is 13.6. The smallest absolute Gasteiger partial charge is 0.265 e. The third-order valence-electron chi connectivity index (χ3n) is 4.19. The van der Waals surface area contributed by atoms with Crippen molar-refractivity contribution >= 4 is 44.6 Å². The number of sulfonamides is 1. The van der Waals surface area contributed by atoms with Gasteiger partial charge in [0.25, 0.3) is 10.0 Å². The molecule has 5 nitrogen and oxygen atoms in total. The standard InChI is InChI=1S/C17H18Cl2N2O3S/c1-11-4-5-13(10-15(11)21-6-2-3-7-21)20-25(23,24)16-9-12(18)8-14(19)17(16)22/h4-5,8-10,20,22H,2-3,6-7H2,1H3. The topological polar surface area (TPSA) is 69.6 Å². The van der Waals surface area contributed by atoms with E-state index in [1.54, 1.807) is 12.1 Å². The van der Waals surface area contributed by atoms with E-state index in [0.717, 1.165) is 37.2 Å². The summed E-state index contributed by atoms with van der Waals surface area (Å²) in [6.07, 6.45) is 2.26. The lowest BCUT2D eigenvalue weighted by Crippen LogP contribution is -2.19. The van der Waals surface area contributed by atoms with Crippen molar-refractivity contribution in [2.24, 2.45) is 0 Å². The molecule has 1 saturated heterocycles. The number of aryl methyl sites for hydroxylation is 1. The number of phenols is 1. The Hall–Kier alpha value is -1.63. The highest BCUT2D eigenvalue weighted by atomic mass is 35.5. The summed E-state index contributed by atoms with van der Waals surface area (Å²) in [5, 5.41) is 10.0. The second kappa shape index (κ2) is 6.94. The highest BCUT2D eigenvalue weighted by molar-refractivity contribution is 7.92. The normalized spacial score (nSPS) is 14.8. The first kappa shape index (κ1) is 18.2. The number of aromatic hydroxyl groups is 1. The maximum atomic E-state index is 12.6. The third-order valence-corrected chi connectivity index (χ3v) is 6.09. The largest absolute Gasteiger partial charge is 0.505 e. The van der Waals surface area contributed by atoms with Crippen LogP contribution in [0, 0.1) is 6.92 Å². The molecule has 8 heteroatoms. The summed E-state index contributed by atoms with van der Waals surface area (Å²) in [5.41, 5.74) is 2.51. The average molecular weight is 401 g/mol. The van der Waals surface area contributed by atoms with Crippen molar-refractivity contribution < 1.29 is 13.5 Å². The molecule has 1 heterocycles. The Labute approximate surface area is 157 Å².